The zero-order valence-corrected chi connectivity index (χ0v) is 11.4. The number of amides is 1. The van der Waals surface area contributed by atoms with Crippen molar-refractivity contribution in [2.24, 2.45) is 0 Å². The first kappa shape index (κ1) is 14.5. The highest BCUT2D eigenvalue weighted by molar-refractivity contribution is 7.85. The Morgan fingerprint density at radius 3 is 2.78 bits per heavy atom. The van der Waals surface area contributed by atoms with Crippen molar-refractivity contribution in [2.75, 3.05) is 29.7 Å². The zero-order chi connectivity index (χ0) is 13.5. The average molecular weight is 270 g/mol. The molecule has 0 aliphatic heterocycles. The molecule has 0 fully saturated rings. The van der Waals surface area contributed by atoms with Gasteiger partial charge in [0.15, 0.2) is 0 Å². The number of hydrogen-bond acceptors (Lipinski definition) is 4. The van der Waals surface area contributed by atoms with E-state index in [4.69, 9.17) is 10.5 Å². The van der Waals surface area contributed by atoms with E-state index in [1.54, 1.807) is 25.3 Å². The highest BCUT2D eigenvalue weighted by atomic mass is 32.2. The Morgan fingerprint density at radius 1 is 1.50 bits per heavy atom. The van der Waals surface area contributed by atoms with Crippen LogP contribution in [0.25, 0.3) is 0 Å². The summed E-state index contributed by atoms with van der Waals surface area (Å²) in [7, 11) is 0.429. The SMILES string of the molecule is CCCS(=O)CC(=O)Nc1ccc(OC)cc1N. The summed E-state index contributed by atoms with van der Waals surface area (Å²) in [5, 5.41) is 2.64. The van der Waals surface area contributed by atoms with Crippen LogP contribution < -0.4 is 15.8 Å². The van der Waals surface area contributed by atoms with Gasteiger partial charge in [-0.25, -0.2) is 0 Å². The van der Waals surface area contributed by atoms with Crippen LogP contribution in [0.2, 0.25) is 0 Å². The van der Waals surface area contributed by atoms with Crippen LogP contribution in [0.3, 0.4) is 0 Å². The molecule has 0 saturated carbocycles. The van der Waals surface area contributed by atoms with Crippen molar-refractivity contribution in [3.05, 3.63) is 18.2 Å². The van der Waals surface area contributed by atoms with Gasteiger partial charge in [-0.3, -0.25) is 9.00 Å². The van der Waals surface area contributed by atoms with E-state index in [1.807, 2.05) is 6.92 Å². The van der Waals surface area contributed by atoms with Gasteiger partial charge in [0.1, 0.15) is 11.5 Å². The van der Waals surface area contributed by atoms with Gasteiger partial charge < -0.3 is 15.8 Å². The third-order valence-corrected chi connectivity index (χ3v) is 3.70. The summed E-state index contributed by atoms with van der Waals surface area (Å²) >= 11 is 0. The topological polar surface area (TPSA) is 81.4 Å². The molecule has 0 bridgehead atoms. The average Bonchev–Trinajstić information content (AvgIpc) is 2.31. The largest absolute Gasteiger partial charge is 0.497 e. The summed E-state index contributed by atoms with van der Waals surface area (Å²) in [6, 6.07) is 4.99. The monoisotopic (exact) mass is 270 g/mol. The Kier molecular flexibility index (Phi) is 5.64. The standard InChI is InChI=1S/C12H18N2O3S/c1-3-6-18(16)8-12(15)14-11-5-4-9(17-2)7-10(11)13/h4-5,7H,3,6,8,13H2,1-2H3,(H,14,15). The lowest BCUT2D eigenvalue weighted by Crippen LogP contribution is -2.21. The van der Waals surface area contributed by atoms with E-state index >= 15 is 0 Å². The second kappa shape index (κ2) is 7.00. The van der Waals surface area contributed by atoms with E-state index in [-0.39, 0.29) is 11.7 Å². The fraction of sp³-hybridized carbons (Fsp3) is 0.417. The van der Waals surface area contributed by atoms with E-state index < -0.39 is 10.8 Å². The fourth-order valence-electron chi connectivity index (χ4n) is 1.41. The van der Waals surface area contributed by atoms with E-state index in [2.05, 4.69) is 5.32 Å². The molecule has 1 unspecified atom stereocenters. The van der Waals surface area contributed by atoms with E-state index in [0.29, 0.717) is 22.9 Å². The molecule has 100 valence electrons. The Hall–Kier alpha value is -1.56. The van der Waals surface area contributed by atoms with Crippen molar-refractivity contribution >= 4 is 28.1 Å². The predicted molar refractivity (Wildman–Crippen MR) is 74.2 cm³/mol. The summed E-state index contributed by atoms with van der Waals surface area (Å²) < 4.78 is 16.4. The molecular formula is C12H18N2O3S. The lowest BCUT2D eigenvalue weighted by Gasteiger charge is -2.09. The number of hydrogen-bond donors (Lipinski definition) is 2. The molecule has 1 amide bonds. The molecule has 6 heteroatoms. The van der Waals surface area contributed by atoms with Gasteiger partial charge in [0.05, 0.1) is 18.5 Å². The quantitative estimate of drug-likeness (QED) is 0.765. The van der Waals surface area contributed by atoms with Crippen LogP contribution in [-0.2, 0) is 15.6 Å². The molecule has 1 atom stereocenters. The summed E-state index contributed by atoms with van der Waals surface area (Å²) in [5.41, 5.74) is 6.69. The molecule has 0 aliphatic rings. The third-order valence-electron chi connectivity index (χ3n) is 2.26. The van der Waals surface area contributed by atoms with Gasteiger partial charge in [-0.05, 0) is 18.6 Å². The molecule has 3 N–H and O–H groups in total. The van der Waals surface area contributed by atoms with Gasteiger partial charge in [-0.1, -0.05) is 6.92 Å². The first-order chi connectivity index (χ1) is 8.56. The van der Waals surface area contributed by atoms with E-state index in [9.17, 15) is 9.00 Å². The highest BCUT2D eigenvalue weighted by Gasteiger charge is 2.09. The number of methoxy groups -OCH3 is 1. The smallest absolute Gasteiger partial charge is 0.237 e. The summed E-state index contributed by atoms with van der Waals surface area (Å²) in [4.78, 5) is 11.6. The molecule has 0 aromatic heterocycles. The Morgan fingerprint density at radius 2 is 2.22 bits per heavy atom. The number of nitrogen functional groups attached to an aromatic ring is 1. The summed E-state index contributed by atoms with van der Waals surface area (Å²) in [6.45, 7) is 1.93. The van der Waals surface area contributed by atoms with Gasteiger partial charge in [-0.2, -0.15) is 0 Å². The molecule has 0 saturated heterocycles. The number of carbonyl (C=O) groups is 1. The van der Waals surface area contributed by atoms with Crippen LogP contribution in [0.1, 0.15) is 13.3 Å². The molecule has 0 aliphatic carbocycles. The third kappa shape index (κ3) is 4.37. The van der Waals surface area contributed by atoms with Crippen molar-refractivity contribution in [2.45, 2.75) is 13.3 Å². The fourth-order valence-corrected chi connectivity index (χ4v) is 2.38. The van der Waals surface area contributed by atoms with Gasteiger partial charge in [0.2, 0.25) is 5.91 Å². The molecular weight excluding hydrogens is 252 g/mol. The number of nitrogens with two attached hydrogens (primary N) is 1. The Labute approximate surface area is 109 Å². The van der Waals surface area contributed by atoms with Crippen molar-refractivity contribution in [1.82, 2.24) is 0 Å². The number of nitrogens with one attached hydrogen (secondary N) is 1. The molecule has 1 aromatic rings. The second-order valence-electron chi connectivity index (χ2n) is 3.79. The number of carbonyl (C=O) groups excluding carboxylic acids is 1. The molecule has 1 aromatic carbocycles. The lowest BCUT2D eigenvalue weighted by molar-refractivity contribution is -0.113. The molecule has 5 nitrogen and oxygen atoms in total. The van der Waals surface area contributed by atoms with Crippen LogP contribution in [0, 0.1) is 0 Å². The van der Waals surface area contributed by atoms with Crippen molar-refractivity contribution < 1.29 is 13.7 Å². The maximum Gasteiger partial charge on any atom is 0.237 e. The number of anilines is 2. The molecule has 0 radical (unpaired) electrons. The van der Waals surface area contributed by atoms with Gasteiger partial charge in [0, 0.05) is 22.6 Å². The van der Waals surface area contributed by atoms with Crippen molar-refractivity contribution in [1.29, 1.82) is 0 Å². The van der Waals surface area contributed by atoms with Crippen LogP contribution >= 0.6 is 0 Å². The number of ether oxygens (including phenoxy) is 1. The molecule has 1 rings (SSSR count). The molecule has 0 spiro atoms. The minimum Gasteiger partial charge on any atom is -0.497 e. The summed E-state index contributed by atoms with van der Waals surface area (Å²) in [6.07, 6.45) is 0.796. The second-order valence-corrected chi connectivity index (χ2v) is 5.37. The minimum atomic E-state index is -1.11. The molecule has 18 heavy (non-hydrogen) atoms. The van der Waals surface area contributed by atoms with Gasteiger partial charge in [-0.15, -0.1) is 0 Å². The highest BCUT2D eigenvalue weighted by Crippen LogP contribution is 2.23. The maximum absolute atomic E-state index is 11.6. The number of rotatable bonds is 6. The normalized spacial score (nSPS) is 11.9. The predicted octanol–water partition coefficient (Wildman–Crippen LogP) is 1.37. The zero-order valence-electron chi connectivity index (χ0n) is 10.6. The lowest BCUT2D eigenvalue weighted by atomic mass is 10.2. The summed E-state index contributed by atoms with van der Waals surface area (Å²) in [5.74, 6) is 0.865. The van der Waals surface area contributed by atoms with Crippen LogP contribution in [-0.4, -0.2) is 28.7 Å². The van der Waals surface area contributed by atoms with E-state index in [1.165, 1.54) is 0 Å². The minimum absolute atomic E-state index is 0.000685. The first-order valence-electron chi connectivity index (χ1n) is 5.65. The number of benzene rings is 1. The Balaban J connectivity index is 2.62. The van der Waals surface area contributed by atoms with Crippen LogP contribution in [0.4, 0.5) is 11.4 Å². The van der Waals surface area contributed by atoms with Crippen LogP contribution in [0.15, 0.2) is 18.2 Å². The van der Waals surface area contributed by atoms with Crippen LogP contribution in [0.5, 0.6) is 5.75 Å². The van der Waals surface area contributed by atoms with Crippen molar-refractivity contribution in [3.8, 4) is 5.75 Å². The van der Waals surface area contributed by atoms with Crippen molar-refractivity contribution in [3.63, 3.8) is 0 Å². The van der Waals surface area contributed by atoms with Gasteiger partial charge in [0.25, 0.3) is 0 Å². The Bertz CT molecular complexity index is 449. The van der Waals surface area contributed by atoms with E-state index in [0.717, 1.165) is 6.42 Å². The van der Waals surface area contributed by atoms with Gasteiger partial charge >= 0.3 is 0 Å². The first-order valence-corrected chi connectivity index (χ1v) is 7.14. The molecule has 0 heterocycles. The maximum atomic E-state index is 11.6.